The minimum atomic E-state index is -3.22. The Morgan fingerprint density at radius 2 is 2.07 bits per heavy atom. The van der Waals surface area contributed by atoms with E-state index in [0.29, 0.717) is 12.8 Å². The lowest BCUT2D eigenvalue weighted by atomic mass is 10.2. The van der Waals surface area contributed by atoms with Crippen LogP contribution < -0.4 is 10.5 Å². The van der Waals surface area contributed by atoms with E-state index in [4.69, 9.17) is 18.0 Å². The lowest BCUT2D eigenvalue weighted by Gasteiger charge is -2.15. The normalized spacial score (nSPS) is 13.9. The van der Waals surface area contributed by atoms with Crippen molar-refractivity contribution in [1.29, 1.82) is 0 Å². The van der Waals surface area contributed by atoms with E-state index in [0.717, 1.165) is 6.42 Å². The van der Waals surface area contributed by atoms with Crippen molar-refractivity contribution in [1.82, 2.24) is 4.72 Å². The second-order valence-corrected chi connectivity index (χ2v) is 5.50. The number of hydrogen-bond donors (Lipinski definition) is 2. The summed E-state index contributed by atoms with van der Waals surface area (Å²) in [6, 6.07) is -0.410. The highest BCUT2D eigenvalue weighted by Crippen LogP contribution is 1.98. The molecular formula is C8H18N2O2S2. The molecule has 6 heteroatoms. The summed E-state index contributed by atoms with van der Waals surface area (Å²) in [6.45, 7) is 3.78. The first kappa shape index (κ1) is 13.8. The molecule has 1 unspecified atom stereocenters. The zero-order valence-electron chi connectivity index (χ0n) is 8.62. The average Bonchev–Trinajstić information content (AvgIpc) is 2.10. The number of nitrogens with one attached hydrogen (secondary N) is 1. The molecule has 84 valence electrons. The number of thiocarbonyl (C=S) groups is 1. The van der Waals surface area contributed by atoms with Crippen LogP contribution in [0.5, 0.6) is 0 Å². The van der Waals surface area contributed by atoms with E-state index in [-0.39, 0.29) is 10.7 Å². The summed E-state index contributed by atoms with van der Waals surface area (Å²) in [5.74, 6) is 0.141. The van der Waals surface area contributed by atoms with Crippen molar-refractivity contribution in [2.75, 3.05) is 5.75 Å². The third-order valence-corrected chi connectivity index (χ3v) is 3.59. The standard InChI is InChI=1S/C8H18N2O2S2/c1-3-5-6-14(11,12)10-7(4-2)8(9)13/h7,10H,3-6H2,1-2H3,(H2,9,13). The molecule has 1 atom stereocenters. The van der Waals surface area contributed by atoms with E-state index in [2.05, 4.69) is 4.72 Å². The predicted octanol–water partition coefficient (Wildman–Crippen LogP) is 0.771. The van der Waals surface area contributed by atoms with Gasteiger partial charge >= 0.3 is 0 Å². The van der Waals surface area contributed by atoms with Gasteiger partial charge in [0.15, 0.2) is 0 Å². The fraction of sp³-hybridized carbons (Fsp3) is 0.875. The number of unbranched alkanes of at least 4 members (excludes halogenated alkanes) is 1. The molecular weight excluding hydrogens is 220 g/mol. The van der Waals surface area contributed by atoms with Gasteiger partial charge in [-0.15, -0.1) is 0 Å². The second-order valence-electron chi connectivity index (χ2n) is 3.15. The Bertz CT molecular complexity index is 275. The SMILES string of the molecule is CCCCS(=O)(=O)NC(CC)C(N)=S. The third kappa shape index (κ3) is 5.51. The maximum absolute atomic E-state index is 11.4. The summed E-state index contributed by atoms with van der Waals surface area (Å²) in [7, 11) is -3.22. The van der Waals surface area contributed by atoms with Gasteiger partial charge in [0, 0.05) is 0 Å². The number of nitrogens with two attached hydrogens (primary N) is 1. The highest BCUT2D eigenvalue weighted by molar-refractivity contribution is 7.89. The van der Waals surface area contributed by atoms with E-state index >= 15 is 0 Å². The molecule has 0 aliphatic carbocycles. The van der Waals surface area contributed by atoms with Gasteiger partial charge in [0.25, 0.3) is 0 Å². The fourth-order valence-corrected chi connectivity index (χ4v) is 2.77. The molecule has 0 aliphatic rings. The summed E-state index contributed by atoms with van der Waals surface area (Å²) in [5.41, 5.74) is 5.39. The van der Waals surface area contributed by atoms with Gasteiger partial charge in [0.2, 0.25) is 10.0 Å². The van der Waals surface area contributed by atoms with E-state index in [9.17, 15) is 8.42 Å². The maximum atomic E-state index is 11.4. The molecule has 0 aliphatic heterocycles. The van der Waals surface area contributed by atoms with Crippen molar-refractivity contribution in [3.8, 4) is 0 Å². The monoisotopic (exact) mass is 238 g/mol. The molecule has 4 nitrogen and oxygen atoms in total. The Morgan fingerprint density at radius 3 is 2.43 bits per heavy atom. The minimum absolute atomic E-state index is 0.141. The molecule has 0 saturated carbocycles. The predicted molar refractivity (Wildman–Crippen MR) is 62.7 cm³/mol. The second kappa shape index (κ2) is 6.31. The smallest absolute Gasteiger partial charge is 0.212 e. The minimum Gasteiger partial charge on any atom is -0.392 e. The Labute approximate surface area is 91.3 Å². The molecule has 0 aromatic heterocycles. The van der Waals surface area contributed by atoms with Gasteiger partial charge in [-0.05, 0) is 12.8 Å². The van der Waals surface area contributed by atoms with Crippen LogP contribution in [0.1, 0.15) is 33.1 Å². The molecule has 3 N–H and O–H groups in total. The van der Waals surface area contributed by atoms with Crippen LogP contribution >= 0.6 is 12.2 Å². The van der Waals surface area contributed by atoms with Gasteiger partial charge in [-0.3, -0.25) is 0 Å². The molecule has 0 fully saturated rings. The fourth-order valence-electron chi connectivity index (χ4n) is 0.953. The maximum Gasteiger partial charge on any atom is 0.212 e. The first-order chi connectivity index (χ1) is 6.43. The van der Waals surface area contributed by atoms with Crippen molar-refractivity contribution in [2.45, 2.75) is 39.2 Å². The Balaban J connectivity index is 4.26. The highest BCUT2D eigenvalue weighted by atomic mass is 32.2. The first-order valence-electron chi connectivity index (χ1n) is 4.72. The molecule has 0 amide bonds. The highest BCUT2D eigenvalue weighted by Gasteiger charge is 2.17. The van der Waals surface area contributed by atoms with Crippen molar-refractivity contribution in [3.63, 3.8) is 0 Å². The van der Waals surface area contributed by atoms with Gasteiger partial charge < -0.3 is 5.73 Å². The zero-order valence-corrected chi connectivity index (χ0v) is 10.2. The van der Waals surface area contributed by atoms with Gasteiger partial charge in [-0.2, -0.15) is 0 Å². The van der Waals surface area contributed by atoms with Crippen LogP contribution in [0.15, 0.2) is 0 Å². The summed E-state index contributed by atoms with van der Waals surface area (Å²) < 4.78 is 25.4. The molecule has 0 bridgehead atoms. The average molecular weight is 238 g/mol. The molecule has 0 aromatic carbocycles. The third-order valence-electron chi connectivity index (χ3n) is 1.84. The summed E-state index contributed by atoms with van der Waals surface area (Å²) in [5, 5.41) is 0. The van der Waals surface area contributed by atoms with E-state index in [1.54, 1.807) is 0 Å². The zero-order chi connectivity index (χ0) is 11.2. The van der Waals surface area contributed by atoms with Crippen LogP contribution in [0.3, 0.4) is 0 Å². The first-order valence-corrected chi connectivity index (χ1v) is 6.78. The van der Waals surface area contributed by atoms with Crippen LogP contribution in [0.2, 0.25) is 0 Å². The van der Waals surface area contributed by atoms with Crippen LogP contribution in [0.4, 0.5) is 0 Å². The van der Waals surface area contributed by atoms with E-state index in [1.165, 1.54) is 0 Å². The Hall–Kier alpha value is -0.200. The lowest BCUT2D eigenvalue weighted by Crippen LogP contribution is -2.43. The van der Waals surface area contributed by atoms with Gasteiger partial charge in [-0.1, -0.05) is 32.5 Å². The number of sulfonamides is 1. The summed E-state index contributed by atoms with van der Waals surface area (Å²) >= 11 is 4.75. The lowest BCUT2D eigenvalue weighted by molar-refractivity contribution is 0.569. The molecule has 0 rings (SSSR count). The van der Waals surface area contributed by atoms with Crippen LogP contribution in [-0.4, -0.2) is 25.2 Å². The summed E-state index contributed by atoms with van der Waals surface area (Å²) in [6.07, 6.45) is 2.09. The molecule has 14 heavy (non-hydrogen) atoms. The quantitative estimate of drug-likeness (QED) is 0.643. The van der Waals surface area contributed by atoms with Crippen molar-refractivity contribution >= 4 is 27.2 Å². The largest absolute Gasteiger partial charge is 0.392 e. The van der Waals surface area contributed by atoms with Crippen molar-refractivity contribution in [2.24, 2.45) is 5.73 Å². The number of rotatable bonds is 7. The van der Waals surface area contributed by atoms with Gasteiger partial charge in [0.1, 0.15) is 0 Å². The Morgan fingerprint density at radius 1 is 1.50 bits per heavy atom. The molecule has 0 spiro atoms. The van der Waals surface area contributed by atoms with Crippen molar-refractivity contribution < 1.29 is 8.42 Å². The topological polar surface area (TPSA) is 72.2 Å². The molecule has 0 saturated heterocycles. The van der Waals surface area contributed by atoms with Crippen LogP contribution in [0.25, 0.3) is 0 Å². The van der Waals surface area contributed by atoms with Gasteiger partial charge in [0.05, 0.1) is 16.8 Å². The van der Waals surface area contributed by atoms with Crippen molar-refractivity contribution in [3.05, 3.63) is 0 Å². The van der Waals surface area contributed by atoms with Gasteiger partial charge in [-0.25, -0.2) is 13.1 Å². The summed E-state index contributed by atoms with van der Waals surface area (Å²) in [4.78, 5) is 0.201. The van der Waals surface area contributed by atoms with E-state index in [1.807, 2.05) is 13.8 Å². The molecule has 0 aromatic rings. The number of hydrogen-bond acceptors (Lipinski definition) is 3. The Kier molecular flexibility index (Phi) is 6.22. The van der Waals surface area contributed by atoms with E-state index < -0.39 is 16.1 Å². The van der Waals surface area contributed by atoms with Crippen LogP contribution in [-0.2, 0) is 10.0 Å². The van der Waals surface area contributed by atoms with Crippen LogP contribution in [0, 0.1) is 0 Å². The molecule has 0 radical (unpaired) electrons. The molecule has 0 heterocycles.